The molecule has 0 saturated carbocycles. The van der Waals surface area contributed by atoms with Gasteiger partial charge in [0.05, 0.1) is 16.6 Å². The number of anilines is 1. The Balaban J connectivity index is 1.81. The number of nitrogens with one attached hydrogen (secondary N) is 1. The maximum Gasteiger partial charge on any atom is 0.312 e. The van der Waals surface area contributed by atoms with Gasteiger partial charge in [0.25, 0.3) is 0 Å². The zero-order valence-electron chi connectivity index (χ0n) is 14.6. The van der Waals surface area contributed by atoms with Crippen molar-refractivity contribution in [2.45, 2.75) is 25.8 Å². The number of hydrogen-bond donors (Lipinski definition) is 2. The number of carbonyl (C=O) groups excluding carboxylic acids is 1. The molecule has 1 aliphatic heterocycles. The Morgan fingerprint density at radius 1 is 1.35 bits per heavy atom. The maximum atomic E-state index is 11.1. The number of aromatic nitrogens is 2. The minimum atomic E-state index is -0.472. The smallest absolute Gasteiger partial charge is 0.312 e. The molecule has 4 rings (SSSR count). The molecule has 7 nitrogen and oxygen atoms in total. The third-order valence-electron chi connectivity index (χ3n) is 5.03. The van der Waals surface area contributed by atoms with Crippen molar-refractivity contribution < 1.29 is 4.79 Å². The summed E-state index contributed by atoms with van der Waals surface area (Å²) >= 11 is 0. The Hall–Kier alpha value is -3.27. The Kier molecular flexibility index (Phi) is 3.88. The van der Waals surface area contributed by atoms with Gasteiger partial charge in [-0.15, -0.1) is 0 Å². The zero-order valence-corrected chi connectivity index (χ0v) is 14.6. The highest BCUT2D eigenvalue weighted by Crippen LogP contribution is 2.30. The lowest BCUT2D eigenvalue weighted by molar-refractivity contribution is 0.242. The molecule has 7 heteroatoms. The molecule has 3 heterocycles. The van der Waals surface area contributed by atoms with E-state index in [1.54, 1.807) is 0 Å². The summed E-state index contributed by atoms with van der Waals surface area (Å²) in [5.41, 5.74) is 9.33. The molecule has 0 unspecified atom stereocenters. The molecule has 26 heavy (non-hydrogen) atoms. The monoisotopic (exact) mass is 348 g/mol. The normalized spacial score (nSPS) is 15.3. The predicted molar refractivity (Wildman–Crippen MR) is 100 cm³/mol. The minimum absolute atomic E-state index is 0.109. The lowest BCUT2D eigenvalue weighted by Crippen LogP contribution is -2.46. The number of fused-ring (bicyclic) bond motifs is 3. The number of carbonyl (C=O) groups is 1. The summed E-state index contributed by atoms with van der Waals surface area (Å²) in [7, 11) is 0. The highest BCUT2D eigenvalue weighted by molar-refractivity contribution is 5.85. The Labute approximate surface area is 151 Å². The molecule has 1 aliphatic rings. The van der Waals surface area contributed by atoms with E-state index in [0.29, 0.717) is 11.2 Å². The molecule has 0 bridgehead atoms. The van der Waals surface area contributed by atoms with E-state index in [9.17, 15) is 10.1 Å². The van der Waals surface area contributed by atoms with Gasteiger partial charge < -0.3 is 16.0 Å². The SMILES string of the molecule is Cc1cc(N2CCC(NC(N)=O)CC2)n2c(nc3ccccc32)c1C#N. The topological polar surface area (TPSA) is 99.4 Å². The van der Waals surface area contributed by atoms with Gasteiger partial charge >= 0.3 is 6.03 Å². The first-order chi connectivity index (χ1) is 12.6. The fraction of sp³-hybridized carbons (Fsp3) is 0.316. The quantitative estimate of drug-likeness (QED) is 0.742. The van der Waals surface area contributed by atoms with Crippen molar-refractivity contribution in [3.63, 3.8) is 0 Å². The van der Waals surface area contributed by atoms with E-state index in [4.69, 9.17) is 10.7 Å². The third-order valence-corrected chi connectivity index (χ3v) is 5.03. The molecular weight excluding hydrogens is 328 g/mol. The highest BCUT2D eigenvalue weighted by atomic mass is 16.2. The Bertz CT molecular complexity index is 1040. The first kappa shape index (κ1) is 16.2. The number of piperidine rings is 1. The molecule has 0 radical (unpaired) electrons. The van der Waals surface area contributed by atoms with Crippen LogP contribution in [-0.4, -0.2) is 34.5 Å². The minimum Gasteiger partial charge on any atom is -0.358 e. The maximum absolute atomic E-state index is 11.1. The first-order valence-electron chi connectivity index (χ1n) is 8.70. The average Bonchev–Trinajstić information content (AvgIpc) is 3.00. The van der Waals surface area contributed by atoms with Crippen molar-refractivity contribution in [1.82, 2.24) is 14.7 Å². The van der Waals surface area contributed by atoms with Crippen LogP contribution in [0.4, 0.5) is 10.6 Å². The molecule has 132 valence electrons. The molecule has 0 aliphatic carbocycles. The number of para-hydroxylation sites is 2. The van der Waals surface area contributed by atoms with Crippen molar-refractivity contribution in [2.75, 3.05) is 18.0 Å². The van der Waals surface area contributed by atoms with Gasteiger partial charge in [0.15, 0.2) is 5.65 Å². The molecule has 1 saturated heterocycles. The van der Waals surface area contributed by atoms with Crippen molar-refractivity contribution in [3.05, 3.63) is 41.5 Å². The van der Waals surface area contributed by atoms with Crippen LogP contribution in [0.2, 0.25) is 0 Å². The summed E-state index contributed by atoms with van der Waals surface area (Å²) in [5.74, 6) is 1.03. The van der Waals surface area contributed by atoms with Gasteiger partial charge in [-0.2, -0.15) is 5.26 Å². The summed E-state index contributed by atoms with van der Waals surface area (Å²) in [6.45, 7) is 3.55. The Morgan fingerprint density at radius 3 is 2.77 bits per heavy atom. The fourth-order valence-electron chi connectivity index (χ4n) is 3.76. The summed E-state index contributed by atoms with van der Waals surface area (Å²) in [6.07, 6.45) is 1.66. The lowest BCUT2D eigenvalue weighted by Gasteiger charge is -2.34. The van der Waals surface area contributed by atoms with Gasteiger partial charge in [0, 0.05) is 19.1 Å². The van der Waals surface area contributed by atoms with Crippen LogP contribution in [-0.2, 0) is 0 Å². The zero-order chi connectivity index (χ0) is 18.3. The van der Waals surface area contributed by atoms with Crippen molar-refractivity contribution in [2.24, 2.45) is 5.73 Å². The number of nitriles is 1. The van der Waals surface area contributed by atoms with Gasteiger partial charge in [-0.1, -0.05) is 12.1 Å². The summed E-state index contributed by atoms with van der Waals surface area (Å²) < 4.78 is 2.07. The number of urea groups is 1. The van der Waals surface area contributed by atoms with Crippen LogP contribution in [0, 0.1) is 18.3 Å². The molecule has 2 aromatic heterocycles. The number of aryl methyl sites for hydroxylation is 1. The van der Waals surface area contributed by atoms with Crippen LogP contribution in [0.3, 0.4) is 0 Å². The van der Waals surface area contributed by atoms with Gasteiger partial charge in [-0.25, -0.2) is 9.78 Å². The number of hydrogen-bond acceptors (Lipinski definition) is 4. The Morgan fingerprint density at radius 2 is 2.08 bits per heavy atom. The number of benzene rings is 1. The standard InChI is InChI=1S/C19H20N6O/c1-12-10-17(24-8-6-13(7-9-24)22-19(21)26)25-16-5-3-2-4-15(16)23-18(25)14(12)11-20/h2-5,10,13H,6-9H2,1H3,(H3,21,22,26). The van der Waals surface area contributed by atoms with Crippen molar-refractivity contribution in [3.8, 4) is 6.07 Å². The van der Waals surface area contributed by atoms with Crippen LogP contribution < -0.4 is 16.0 Å². The third kappa shape index (κ3) is 2.60. The number of pyridine rings is 1. The number of amides is 2. The van der Waals surface area contributed by atoms with Crippen molar-refractivity contribution >= 4 is 28.5 Å². The largest absolute Gasteiger partial charge is 0.358 e. The van der Waals surface area contributed by atoms with E-state index in [1.165, 1.54) is 0 Å². The van der Waals surface area contributed by atoms with Crippen LogP contribution in [0.5, 0.6) is 0 Å². The summed E-state index contributed by atoms with van der Waals surface area (Å²) in [5, 5.41) is 12.4. The number of imidazole rings is 1. The van der Waals surface area contributed by atoms with Crippen LogP contribution in [0.15, 0.2) is 30.3 Å². The first-order valence-corrected chi connectivity index (χ1v) is 8.70. The van der Waals surface area contributed by atoms with Gasteiger partial charge in [0.2, 0.25) is 0 Å². The second kappa shape index (κ2) is 6.23. The van der Waals surface area contributed by atoms with E-state index in [1.807, 2.05) is 31.2 Å². The summed E-state index contributed by atoms with van der Waals surface area (Å²) in [6, 6.07) is 11.9. The molecule has 1 aromatic carbocycles. The lowest BCUT2D eigenvalue weighted by atomic mass is 10.0. The van der Waals surface area contributed by atoms with Crippen molar-refractivity contribution in [1.29, 1.82) is 5.26 Å². The number of nitrogens with two attached hydrogens (primary N) is 1. The second-order valence-corrected chi connectivity index (χ2v) is 6.70. The number of rotatable bonds is 2. The van der Waals surface area contributed by atoms with E-state index in [0.717, 1.165) is 48.3 Å². The van der Waals surface area contributed by atoms with E-state index < -0.39 is 6.03 Å². The van der Waals surface area contributed by atoms with Crippen LogP contribution in [0.1, 0.15) is 24.0 Å². The molecular formula is C19H20N6O. The number of nitrogens with zero attached hydrogens (tertiary/aromatic N) is 4. The van der Waals surface area contributed by atoms with E-state index in [-0.39, 0.29) is 6.04 Å². The molecule has 0 spiro atoms. The second-order valence-electron chi connectivity index (χ2n) is 6.70. The van der Waals surface area contributed by atoms with E-state index in [2.05, 4.69) is 26.8 Å². The molecule has 0 atom stereocenters. The summed E-state index contributed by atoms with van der Waals surface area (Å²) in [4.78, 5) is 18.1. The van der Waals surface area contributed by atoms with Crippen LogP contribution in [0.25, 0.3) is 16.7 Å². The van der Waals surface area contributed by atoms with Gasteiger partial charge in [0.1, 0.15) is 11.9 Å². The highest BCUT2D eigenvalue weighted by Gasteiger charge is 2.24. The van der Waals surface area contributed by atoms with E-state index >= 15 is 0 Å². The predicted octanol–water partition coefficient (Wildman–Crippen LogP) is 2.30. The average molecular weight is 348 g/mol. The van der Waals surface area contributed by atoms with Gasteiger partial charge in [-0.3, -0.25) is 4.40 Å². The van der Waals surface area contributed by atoms with Gasteiger partial charge in [-0.05, 0) is 43.5 Å². The van der Waals surface area contributed by atoms with Crippen LogP contribution >= 0.6 is 0 Å². The molecule has 1 fully saturated rings. The number of primary amides is 1. The fourth-order valence-corrected chi connectivity index (χ4v) is 3.76. The molecule has 3 N–H and O–H groups in total. The molecule has 2 amide bonds. The molecule has 3 aromatic rings.